The molecule has 0 amide bonds. The smallest absolute Gasteiger partial charge is 0.338 e. The predicted molar refractivity (Wildman–Crippen MR) is 151 cm³/mol. The minimum absolute atomic E-state index is 0. The first-order valence-corrected chi connectivity index (χ1v) is 13.7. The van der Waals surface area contributed by atoms with Crippen molar-refractivity contribution in [1.82, 2.24) is 0 Å². The Kier molecular flexibility index (Phi) is 12.3. The van der Waals surface area contributed by atoms with Gasteiger partial charge >= 0.3 is 29.0 Å². The molecule has 5 atom stereocenters. The van der Waals surface area contributed by atoms with Crippen LogP contribution in [-0.4, -0.2) is 65.5 Å². The Bertz CT molecular complexity index is 1410. The first kappa shape index (κ1) is 33.3. The van der Waals surface area contributed by atoms with Crippen LogP contribution in [0.15, 0.2) is 91.0 Å². The molecule has 43 heavy (non-hydrogen) atoms. The van der Waals surface area contributed by atoms with Gasteiger partial charge in [-0.05, 0) is 48.2 Å². The van der Waals surface area contributed by atoms with Gasteiger partial charge in [-0.25, -0.2) is 14.4 Å². The molecule has 4 rings (SSSR count). The summed E-state index contributed by atoms with van der Waals surface area (Å²) in [6.45, 7) is 0.736. The number of carbonyl (C=O) groups excluding carboxylic acids is 4. The summed E-state index contributed by atoms with van der Waals surface area (Å²) in [6, 6.07) is 24.4. The maximum atomic E-state index is 13.2. The van der Waals surface area contributed by atoms with Crippen LogP contribution in [0.4, 0.5) is 0 Å². The fourth-order valence-corrected chi connectivity index (χ4v) is 4.99. The van der Waals surface area contributed by atoms with Gasteiger partial charge in [-0.3, -0.25) is 15.9 Å². The highest BCUT2D eigenvalue weighted by Crippen LogP contribution is 2.34. The zero-order chi connectivity index (χ0) is 30.1. The number of esters is 4. The van der Waals surface area contributed by atoms with Crippen molar-refractivity contribution in [2.24, 2.45) is 5.73 Å². The van der Waals surface area contributed by atoms with Gasteiger partial charge in [0.2, 0.25) is 0 Å². The second-order valence-electron chi connectivity index (χ2n) is 9.07. The molecule has 11 nitrogen and oxygen atoms in total. The summed E-state index contributed by atoms with van der Waals surface area (Å²) in [5.41, 5.74) is 5.30. The van der Waals surface area contributed by atoms with Crippen LogP contribution in [0.2, 0.25) is 0 Å². The average molecular weight is 674 g/mol. The van der Waals surface area contributed by atoms with Crippen molar-refractivity contribution in [3.63, 3.8) is 0 Å². The molecule has 1 heterocycles. The number of benzene rings is 3. The standard InChI is InChI=1S/C30H28N2O9S.BrH/c1-18(33)38-25-24(41-28(36)21-15-9-4-10-16-21)23(40-27(35)20-13-7-3-8-14-20)22(39-29(25)42-30(31)32)17-37-26(34)19-11-5-2-6-12-19;/h2-16,22-25,29H,17H2,1H3,(H3,31,32);1H/t22-,23-,24+,25+,29-;/m1./s1. The maximum absolute atomic E-state index is 13.2. The molecule has 13 heteroatoms. The Balaban J connectivity index is 0.00000506. The van der Waals surface area contributed by atoms with E-state index in [1.165, 1.54) is 24.3 Å². The fourth-order valence-electron chi connectivity index (χ4n) is 4.18. The lowest BCUT2D eigenvalue weighted by Gasteiger charge is -2.43. The molecule has 0 unspecified atom stereocenters. The van der Waals surface area contributed by atoms with Gasteiger partial charge in [0.05, 0.1) is 16.7 Å². The topological polar surface area (TPSA) is 166 Å². The second kappa shape index (κ2) is 15.9. The van der Waals surface area contributed by atoms with Crippen molar-refractivity contribution in [2.75, 3.05) is 6.61 Å². The second-order valence-corrected chi connectivity index (χ2v) is 10.2. The minimum Gasteiger partial charge on any atom is -1.00 e. The van der Waals surface area contributed by atoms with Crippen molar-refractivity contribution in [3.05, 3.63) is 108 Å². The van der Waals surface area contributed by atoms with E-state index in [-0.39, 0.29) is 38.8 Å². The molecular formula is C30H29BrN2O9S. The van der Waals surface area contributed by atoms with Crippen LogP contribution >= 0.6 is 11.8 Å². The zero-order valence-electron chi connectivity index (χ0n) is 22.9. The van der Waals surface area contributed by atoms with Gasteiger partial charge in [0, 0.05) is 6.92 Å². The Morgan fingerprint density at radius 1 is 0.721 bits per heavy atom. The van der Waals surface area contributed by atoms with Gasteiger partial charge in [-0.1, -0.05) is 54.6 Å². The molecule has 226 valence electrons. The summed E-state index contributed by atoms with van der Waals surface area (Å²) in [4.78, 5) is 51.4. The quantitative estimate of drug-likeness (QED) is 0.121. The molecule has 0 bridgehead atoms. The molecule has 4 N–H and O–H groups in total. The summed E-state index contributed by atoms with van der Waals surface area (Å²) >= 11 is 0.804. The summed E-state index contributed by atoms with van der Waals surface area (Å²) in [5, 5.41) is 5.61. The molecule has 3 aromatic rings. The molecule has 1 aliphatic heterocycles. The lowest BCUT2D eigenvalue weighted by atomic mass is 9.98. The van der Waals surface area contributed by atoms with Crippen molar-refractivity contribution in [2.45, 2.75) is 36.8 Å². The summed E-state index contributed by atoms with van der Waals surface area (Å²) < 4.78 is 28.9. The van der Waals surface area contributed by atoms with Gasteiger partial charge < -0.3 is 40.7 Å². The Morgan fingerprint density at radius 2 is 1.16 bits per heavy atom. The van der Waals surface area contributed by atoms with Crippen LogP contribution in [0, 0.1) is 0 Å². The number of ether oxygens (including phenoxy) is 5. The van der Waals surface area contributed by atoms with E-state index >= 15 is 0 Å². The van der Waals surface area contributed by atoms with Crippen molar-refractivity contribution >= 4 is 40.8 Å². The van der Waals surface area contributed by atoms with Crippen LogP contribution in [0.25, 0.3) is 0 Å². The van der Waals surface area contributed by atoms with Crippen LogP contribution in [-0.2, 0) is 28.5 Å². The highest BCUT2D eigenvalue weighted by molar-refractivity contribution is 8.13. The number of rotatable bonds is 9. The van der Waals surface area contributed by atoms with Crippen molar-refractivity contribution in [1.29, 1.82) is 0 Å². The third-order valence-electron chi connectivity index (χ3n) is 6.04. The van der Waals surface area contributed by atoms with Crippen LogP contribution in [0.1, 0.15) is 38.0 Å². The first-order chi connectivity index (χ1) is 20.2. The van der Waals surface area contributed by atoms with Gasteiger partial charge in [0.1, 0.15) is 12.7 Å². The highest BCUT2D eigenvalue weighted by Gasteiger charge is 2.53. The van der Waals surface area contributed by atoms with Crippen molar-refractivity contribution in [3.8, 4) is 0 Å². The van der Waals surface area contributed by atoms with Crippen LogP contribution in [0.3, 0.4) is 0 Å². The number of amidine groups is 1. The van der Waals surface area contributed by atoms with E-state index in [0.717, 1.165) is 18.7 Å². The molecule has 0 spiro atoms. The van der Waals surface area contributed by atoms with Gasteiger partial charge in [0.25, 0.3) is 0 Å². The van der Waals surface area contributed by atoms with E-state index in [2.05, 4.69) is 0 Å². The Hall–Kier alpha value is -4.20. The molecule has 0 aliphatic carbocycles. The monoisotopic (exact) mass is 672 g/mol. The van der Waals surface area contributed by atoms with E-state index in [1.54, 1.807) is 66.7 Å². The van der Waals surface area contributed by atoms with Crippen LogP contribution < -0.4 is 28.1 Å². The zero-order valence-corrected chi connectivity index (χ0v) is 25.3. The molecule has 0 saturated carbocycles. The molecule has 0 aromatic heterocycles. The SMILES string of the molecule is CC(=O)O[C@H]1[C@@H](OC(=O)c2ccccc2)[C@H](OC(=O)c2ccccc2)[C@@H](COC(=O)c2ccccc2)O[C@@H]1SC(N)=[NH2+].[Br-]. The van der Waals surface area contributed by atoms with E-state index in [1.807, 2.05) is 0 Å². The summed E-state index contributed by atoms with van der Waals surface area (Å²) in [7, 11) is 0. The number of carbonyl (C=O) groups is 4. The summed E-state index contributed by atoms with van der Waals surface area (Å²) in [5.74, 6) is -2.95. The lowest BCUT2D eigenvalue weighted by Crippen LogP contribution is -3.00. The number of nitrogens with two attached hydrogens (primary N) is 2. The molecule has 0 radical (unpaired) electrons. The molecule has 1 aliphatic rings. The Morgan fingerprint density at radius 3 is 1.60 bits per heavy atom. The third-order valence-corrected chi connectivity index (χ3v) is 6.92. The lowest BCUT2D eigenvalue weighted by molar-refractivity contribution is -0.218. The number of thioether (sulfide) groups is 1. The maximum Gasteiger partial charge on any atom is 0.338 e. The number of hydrogen-bond acceptors (Lipinski definition) is 10. The van der Waals surface area contributed by atoms with Gasteiger partial charge in [-0.2, -0.15) is 0 Å². The third kappa shape index (κ3) is 9.14. The number of hydrogen-bond donors (Lipinski definition) is 2. The van der Waals surface area contributed by atoms with E-state index in [9.17, 15) is 19.2 Å². The van der Waals surface area contributed by atoms with E-state index in [0.29, 0.717) is 0 Å². The van der Waals surface area contributed by atoms with Crippen LogP contribution in [0.5, 0.6) is 0 Å². The predicted octanol–water partition coefficient (Wildman–Crippen LogP) is -1.24. The van der Waals surface area contributed by atoms with Gasteiger partial charge in [0.15, 0.2) is 23.7 Å². The molecule has 3 aromatic carbocycles. The van der Waals surface area contributed by atoms with Crippen molar-refractivity contribution < 1.29 is 65.3 Å². The van der Waals surface area contributed by atoms with E-state index < -0.39 is 60.3 Å². The number of halogens is 1. The minimum atomic E-state index is -1.42. The molecule has 1 fully saturated rings. The normalized spacial score (nSPS) is 20.9. The molecular weight excluding hydrogens is 644 g/mol. The Labute approximate surface area is 262 Å². The van der Waals surface area contributed by atoms with E-state index in [4.69, 9.17) is 34.8 Å². The molecule has 1 saturated heterocycles. The first-order valence-electron chi connectivity index (χ1n) is 12.8. The van der Waals surface area contributed by atoms with Gasteiger partial charge in [-0.15, -0.1) is 0 Å². The largest absolute Gasteiger partial charge is 1.00 e. The summed E-state index contributed by atoms with van der Waals surface area (Å²) in [6.07, 6.45) is -5.33. The average Bonchev–Trinajstić information content (AvgIpc) is 2.99. The highest BCUT2D eigenvalue weighted by atomic mass is 79.9. The fraction of sp³-hybridized carbons (Fsp3) is 0.233.